The average Bonchev–Trinajstić information content (AvgIpc) is 3.00. The van der Waals surface area contributed by atoms with Crippen LogP contribution in [0.3, 0.4) is 0 Å². The molecule has 130 valence electrons. The van der Waals surface area contributed by atoms with Gasteiger partial charge in [0.25, 0.3) is 0 Å². The van der Waals surface area contributed by atoms with Gasteiger partial charge in [-0.15, -0.1) is 0 Å². The fraction of sp³-hybridized carbons (Fsp3) is 0.765. The molecule has 2 rings (SSSR count). The molecule has 1 aliphatic carbocycles. The molecular weight excluding hydrogens is 292 g/mol. The van der Waals surface area contributed by atoms with E-state index in [1.165, 1.54) is 12.0 Å². The summed E-state index contributed by atoms with van der Waals surface area (Å²) in [5, 5.41) is 13.8. The number of ether oxygens (including phenoxy) is 1. The number of hydrogen-bond donors (Lipinski definition) is 3. The van der Waals surface area contributed by atoms with Crippen molar-refractivity contribution in [1.82, 2.24) is 20.8 Å². The van der Waals surface area contributed by atoms with E-state index < -0.39 is 5.60 Å². The number of aromatic amines is 1. The second-order valence-electron chi connectivity index (χ2n) is 7.47. The lowest BCUT2D eigenvalue weighted by Gasteiger charge is -2.23. The molecule has 6 nitrogen and oxygen atoms in total. The molecule has 1 fully saturated rings. The van der Waals surface area contributed by atoms with Crippen LogP contribution in [-0.2, 0) is 11.3 Å². The van der Waals surface area contributed by atoms with Gasteiger partial charge in [0.1, 0.15) is 5.60 Å². The smallest absolute Gasteiger partial charge is 0.407 e. The lowest BCUT2D eigenvalue weighted by Crippen LogP contribution is -2.40. The van der Waals surface area contributed by atoms with Crippen LogP contribution in [0.2, 0.25) is 0 Å². The number of alkyl carbamates (subject to hydrolysis) is 1. The molecule has 1 amide bonds. The van der Waals surface area contributed by atoms with Gasteiger partial charge in [0.05, 0.1) is 5.69 Å². The van der Waals surface area contributed by atoms with Crippen LogP contribution in [-0.4, -0.2) is 34.5 Å². The maximum atomic E-state index is 11.8. The van der Waals surface area contributed by atoms with Crippen LogP contribution in [0.15, 0.2) is 0 Å². The van der Waals surface area contributed by atoms with E-state index in [4.69, 9.17) is 4.74 Å². The van der Waals surface area contributed by atoms with E-state index in [2.05, 4.69) is 20.8 Å². The molecular formula is C17H30N4O2. The largest absolute Gasteiger partial charge is 0.444 e. The zero-order valence-corrected chi connectivity index (χ0v) is 15.0. The van der Waals surface area contributed by atoms with Gasteiger partial charge >= 0.3 is 6.09 Å². The summed E-state index contributed by atoms with van der Waals surface area (Å²) in [5.41, 5.74) is 2.97. The monoisotopic (exact) mass is 322 g/mol. The van der Waals surface area contributed by atoms with Gasteiger partial charge < -0.3 is 15.4 Å². The number of nitrogens with zero attached hydrogens (tertiary/aromatic N) is 1. The number of rotatable bonds is 5. The fourth-order valence-corrected chi connectivity index (χ4v) is 3.15. The Labute approximate surface area is 138 Å². The van der Waals surface area contributed by atoms with Crippen molar-refractivity contribution in [3.05, 3.63) is 17.0 Å². The van der Waals surface area contributed by atoms with Crippen LogP contribution in [0, 0.1) is 19.8 Å². The molecule has 0 bridgehead atoms. The number of carbonyl (C=O) groups is 1. The Morgan fingerprint density at radius 3 is 2.70 bits per heavy atom. The molecule has 0 saturated heterocycles. The van der Waals surface area contributed by atoms with Crippen molar-refractivity contribution in [3.8, 4) is 0 Å². The summed E-state index contributed by atoms with van der Waals surface area (Å²) >= 11 is 0. The number of nitrogens with one attached hydrogen (secondary N) is 3. The van der Waals surface area contributed by atoms with Crippen molar-refractivity contribution in [2.75, 3.05) is 6.54 Å². The van der Waals surface area contributed by atoms with Gasteiger partial charge in [-0.05, 0) is 53.4 Å². The first-order chi connectivity index (χ1) is 10.8. The third kappa shape index (κ3) is 5.23. The summed E-state index contributed by atoms with van der Waals surface area (Å²) < 4.78 is 5.30. The van der Waals surface area contributed by atoms with Crippen molar-refractivity contribution < 1.29 is 9.53 Å². The van der Waals surface area contributed by atoms with Crippen molar-refractivity contribution in [2.24, 2.45) is 5.92 Å². The fourth-order valence-electron chi connectivity index (χ4n) is 3.15. The number of hydrogen-bond acceptors (Lipinski definition) is 4. The first kappa shape index (κ1) is 17.8. The number of H-pyrrole nitrogens is 1. The molecule has 0 radical (unpaired) electrons. The van der Waals surface area contributed by atoms with Crippen LogP contribution in [0.1, 0.15) is 57.0 Å². The number of amides is 1. The summed E-state index contributed by atoms with van der Waals surface area (Å²) in [6.45, 7) is 11.2. The highest BCUT2D eigenvalue weighted by atomic mass is 16.6. The molecule has 1 aromatic rings. The predicted molar refractivity (Wildman–Crippen MR) is 90.3 cm³/mol. The third-order valence-electron chi connectivity index (χ3n) is 4.39. The predicted octanol–water partition coefficient (Wildman–Crippen LogP) is 2.81. The third-order valence-corrected chi connectivity index (χ3v) is 4.39. The standard InChI is InChI=1S/C17H30N4O2/c1-11-14(12(2)21-20-11)10-18-15-8-6-7-13(15)9-19-16(22)23-17(3,4)5/h13,15,18H,6-10H2,1-5H3,(H,19,22)(H,20,21). The van der Waals surface area contributed by atoms with Gasteiger partial charge in [0.15, 0.2) is 0 Å². The van der Waals surface area contributed by atoms with E-state index >= 15 is 0 Å². The highest BCUT2D eigenvalue weighted by Crippen LogP contribution is 2.26. The van der Waals surface area contributed by atoms with E-state index in [1.54, 1.807) is 0 Å². The summed E-state index contributed by atoms with van der Waals surface area (Å²) in [6, 6.07) is 0.429. The SMILES string of the molecule is Cc1n[nH]c(C)c1CNC1CCCC1CNC(=O)OC(C)(C)C. The van der Waals surface area contributed by atoms with Gasteiger partial charge in [-0.1, -0.05) is 6.42 Å². The topological polar surface area (TPSA) is 79.0 Å². The van der Waals surface area contributed by atoms with Gasteiger partial charge in [-0.2, -0.15) is 5.10 Å². The van der Waals surface area contributed by atoms with Gasteiger partial charge in [0.2, 0.25) is 0 Å². The molecule has 0 aliphatic heterocycles. The maximum Gasteiger partial charge on any atom is 0.407 e. The van der Waals surface area contributed by atoms with Crippen LogP contribution in [0.25, 0.3) is 0 Å². The first-order valence-corrected chi connectivity index (χ1v) is 8.47. The Morgan fingerprint density at radius 1 is 1.35 bits per heavy atom. The van der Waals surface area contributed by atoms with Crippen molar-refractivity contribution in [3.63, 3.8) is 0 Å². The Morgan fingerprint density at radius 2 is 2.09 bits per heavy atom. The van der Waals surface area contributed by atoms with Gasteiger partial charge in [0, 0.05) is 30.4 Å². The summed E-state index contributed by atoms with van der Waals surface area (Å²) in [5.74, 6) is 0.454. The maximum absolute atomic E-state index is 11.8. The van der Waals surface area contributed by atoms with Gasteiger partial charge in [-0.25, -0.2) is 4.79 Å². The van der Waals surface area contributed by atoms with Crippen molar-refractivity contribution >= 4 is 6.09 Å². The molecule has 3 N–H and O–H groups in total. The summed E-state index contributed by atoms with van der Waals surface area (Å²) in [4.78, 5) is 11.8. The van der Waals surface area contributed by atoms with E-state index in [0.29, 0.717) is 18.5 Å². The van der Waals surface area contributed by atoms with Crippen LogP contribution in [0.5, 0.6) is 0 Å². The Hall–Kier alpha value is -1.56. The van der Waals surface area contributed by atoms with Crippen molar-refractivity contribution in [1.29, 1.82) is 0 Å². The minimum atomic E-state index is -0.451. The minimum absolute atomic E-state index is 0.329. The lowest BCUT2D eigenvalue weighted by atomic mass is 10.0. The molecule has 1 aromatic heterocycles. The summed E-state index contributed by atoms with van der Waals surface area (Å²) in [7, 11) is 0. The van der Waals surface area contributed by atoms with E-state index in [1.807, 2.05) is 34.6 Å². The van der Waals surface area contributed by atoms with Crippen LogP contribution in [0.4, 0.5) is 4.79 Å². The van der Waals surface area contributed by atoms with Crippen LogP contribution >= 0.6 is 0 Å². The minimum Gasteiger partial charge on any atom is -0.444 e. The Kier molecular flexibility index (Phi) is 5.68. The number of carbonyl (C=O) groups excluding carboxylic acids is 1. The molecule has 0 spiro atoms. The quantitative estimate of drug-likeness (QED) is 0.779. The Balaban J connectivity index is 1.80. The van der Waals surface area contributed by atoms with E-state index in [-0.39, 0.29) is 6.09 Å². The zero-order valence-electron chi connectivity index (χ0n) is 15.0. The molecule has 6 heteroatoms. The normalized spacial score (nSPS) is 21.4. The van der Waals surface area contributed by atoms with Crippen LogP contribution < -0.4 is 10.6 Å². The van der Waals surface area contributed by atoms with E-state index in [9.17, 15) is 4.79 Å². The molecule has 1 saturated carbocycles. The average molecular weight is 322 g/mol. The number of aromatic nitrogens is 2. The highest BCUT2D eigenvalue weighted by Gasteiger charge is 2.28. The molecule has 0 aromatic carbocycles. The number of aryl methyl sites for hydroxylation is 2. The zero-order chi connectivity index (χ0) is 17.0. The second kappa shape index (κ2) is 7.34. The van der Waals surface area contributed by atoms with E-state index in [0.717, 1.165) is 30.8 Å². The van der Waals surface area contributed by atoms with Gasteiger partial charge in [-0.3, -0.25) is 5.10 Å². The first-order valence-electron chi connectivity index (χ1n) is 8.47. The highest BCUT2D eigenvalue weighted by molar-refractivity contribution is 5.67. The Bertz CT molecular complexity index is 514. The molecule has 23 heavy (non-hydrogen) atoms. The molecule has 2 unspecified atom stereocenters. The summed E-state index contributed by atoms with van der Waals surface area (Å²) in [6.07, 6.45) is 3.15. The lowest BCUT2D eigenvalue weighted by molar-refractivity contribution is 0.0517. The second-order valence-corrected chi connectivity index (χ2v) is 7.47. The van der Waals surface area contributed by atoms with Crippen molar-refractivity contribution in [2.45, 2.75) is 72.1 Å². The molecule has 1 heterocycles. The molecule has 1 aliphatic rings. The molecule has 2 atom stereocenters.